The number of carbonyl (C=O) groups is 1. The fourth-order valence-electron chi connectivity index (χ4n) is 3.13. The van der Waals surface area contributed by atoms with Gasteiger partial charge in [0.25, 0.3) is 5.91 Å². The molecule has 0 aliphatic carbocycles. The van der Waals surface area contributed by atoms with E-state index < -0.39 is 10.0 Å². The Morgan fingerprint density at radius 3 is 2.72 bits per heavy atom. The number of nitrogens with zero attached hydrogens (tertiary/aromatic N) is 1. The minimum Gasteiger partial charge on any atom is -0.305 e. The van der Waals surface area contributed by atoms with Crippen LogP contribution in [0.25, 0.3) is 0 Å². The van der Waals surface area contributed by atoms with Gasteiger partial charge in [0.05, 0.1) is 4.90 Å². The topological polar surface area (TPSA) is 66.5 Å². The molecule has 1 aliphatic heterocycles. The van der Waals surface area contributed by atoms with Crippen LogP contribution < -0.4 is 9.62 Å². The molecule has 0 saturated carbocycles. The van der Waals surface area contributed by atoms with Gasteiger partial charge in [-0.25, -0.2) is 13.1 Å². The van der Waals surface area contributed by atoms with E-state index in [-0.39, 0.29) is 16.8 Å². The van der Waals surface area contributed by atoms with Crippen LogP contribution in [-0.4, -0.2) is 26.9 Å². The van der Waals surface area contributed by atoms with Crippen LogP contribution in [0.5, 0.6) is 0 Å². The average Bonchev–Trinajstić information content (AvgIpc) is 2.95. The summed E-state index contributed by atoms with van der Waals surface area (Å²) in [4.78, 5) is 14.9. The number of fused-ring (bicyclic) bond motifs is 1. The van der Waals surface area contributed by atoms with E-state index in [4.69, 9.17) is 0 Å². The zero-order valence-electron chi connectivity index (χ0n) is 14.4. The van der Waals surface area contributed by atoms with Crippen LogP contribution in [0, 0.1) is 0 Å². The highest BCUT2D eigenvalue weighted by Gasteiger charge is 2.31. The van der Waals surface area contributed by atoms with Crippen molar-refractivity contribution >= 4 is 21.6 Å². The lowest BCUT2D eigenvalue weighted by atomic mass is 10.1. The SMILES string of the molecule is CCCNS(=O)(=O)c1cccc(C(=O)N2c3ccccc3C[C@@H]2C)c1. The summed E-state index contributed by atoms with van der Waals surface area (Å²) in [6, 6.07) is 14.1. The van der Waals surface area contributed by atoms with E-state index in [0.29, 0.717) is 18.5 Å². The second-order valence-electron chi connectivity index (χ2n) is 6.28. The molecule has 1 N–H and O–H groups in total. The third-order valence-corrected chi connectivity index (χ3v) is 5.82. The van der Waals surface area contributed by atoms with Crippen LogP contribution >= 0.6 is 0 Å². The van der Waals surface area contributed by atoms with Crippen molar-refractivity contribution in [2.75, 3.05) is 11.4 Å². The molecule has 1 atom stereocenters. The standard InChI is InChI=1S/C19H22N2O3S/c1-3-11-20-25(23,24)17-9-6-8-16(13-17)19(22)21-14(2)12-15-7-4-5-10-18(15)21/h4-10,13-14,20H,3,11-12H2,1-2H3/t14-/m0/s1. The Morgan fingerprint density at radius 1 is 1.20 bits per heavy atom. The van der Waals surface area contributed by atoms with Gasteiger partial charge in [-0.1, -0.05) is 31.2 Å². The molecular formula is C19H22N2O3S. The van der Waals surface area contributed by atoms with E-state index in [2.05, 4.69) is 4.72 Å². The summed E-state index contributed by atoms with van der Waals surface area (Å²) in [7, 11) is -3.60. The van der Waals surface area contributed by atoms with Crippen molar-refractivity contribution in [3.63, 3.8) is 0 Å². The van der Waals surface area contributed by atoms with Crippen LogP contribution in [0.1, 0.15) is 36.2 Å². The van der Waals surface area contributed by atoms with Gasteiger partial charge in [0.2, 0.25) is 10.0 Å². The van der Waals surface area contributed by atoms with Crippen LogP contribution in [0.2, 0.25) is 0 Å². The van der Waals surface area contributed by atoms with E-state index in [1.165, 1.54) is 12.1 Å². The molecule has 0 unspecified atom stereocenters. The molecule has 0 radical (unpaired) electrons. The summed E-state index contributed by atoms with van der Waals surface area (Å²) >= 11 is 0. The molecule has 2 aromatic rings. The summed E-state index contributed by atoms with van der Waals surface area (Å²) in [5, 5.41) is 0. The van der Waals surface area contributed by atoms with Crippen LogP contribution in [0.3, 0.4) is 0 Å². The average molecular weight is 358 g/mol. The molecule has 1 aliphatic rings. The molecule has 0 spiro atoms. The van der Waals surface area contributed by atoms with Gasteiger partial charge < -0.3 is 4.90 Å². The number of carbonyl (C=O) groups excluding carboxylic acids is 1. The number of rotatable bonds is 5. The van der Waals surface area contributed by atoms with Crippen molar-refractivity contribution < 1.29 is 13.2 Å². The molecule has 25 heavy (non-hydrogen) atoms. The predicted octanol–water partition coefficient (Wildman–Crippen LogP) is 2.97. The highest BCUT2D eigenvalue weighted by Crippen LogP contribution is 2.33. The number of hydrogen-bond acceptors (Lipinski definition) is 3. The summed E-state index contributed by atoms with van der Waals surface area (Å²) in [6.45, 7) is 4.27. The third-order valence-electron chi connectivity index (χ3n) is 4.36. The number of anilines is 1. The normalized spacial score (nSPS) is 16.7. The molecular weight excluding hydrogens is 336 g/mol. The Balaban J connectivity index is 1.93. The van der Waals surface area contributed by atoms with E-state index in [9.17, 15) is 13.2 Å². The summed E-state index contributed by atoms with van der Waals surface area (Å²) in [5.41, 5.74) is 2.41. The maximum atomic E-state index is 13.0. The fourth-order valence-corrected chi connectivity index (χ4v) is 4.31. The smallest absolute Gasteiger partial charge is 0.258 e. The number of benzene rings is 2. The van der Waals surface area contributed by atoms with Gasteiger partial charge in [-0.2, -0.15) is 0 Å². The van der Waals surface area contributed by atoms with Gasteiger partial charge in [-0.15, -0.1) is 0 Å². The van der Waals surface area contributed by atoms with Crippen molar-refractivity contribution in [1.29, 1.82) is 0 Å². The molecule has 132 valence electrons. The first-order chi connectivity index (χ1) is 11.9. The molecule has 5 nitrogen and oxygen atoms in total. The molecule has 6 heteroatoms. The Morgan fingerprint density at radius 2 is 1.96 bits per heavy atom. The van der Waals surface area contributed by atoms with E-state index >= 15 is 0 Å². The molecule has 1 heterocycles. The molecule has 2 aromatic carbocycles. The zero-order valence-corrected chi connectivity index (χ0v) is 15.2. The minimum absolute atomic E-state index is 0.0448. The molecule has 0 saturated heterocycles. The summed E-state index contributed by atoms with van der Waals surface area (Å²) in [5.74, 6) is -0.176. The second kappa shape index (κ2) is 6.98. The van der Waals surface area contributed by atoms with Crippen molar-refractivity contribution in [2.45, 2.75) is 37.6 Å². The van der Waals surface area contributed by atoms with Crippen molar-refractivity contribution in [3.8, 4) is 0 Å². The maximum Gasteiger partial charge on any atom is 0.258 e. The molecule has 0 aromatic heterocycles. The largest absolute Gasteiger partial charge is 0.305 e. The number of para-hydroxylation sites is 1. The minimum atomic E-state index is -3.60. The highest BCUT2D eigenvalue weighted by molar-refractivity contribution is 7.89. The zero-order chi connectivity index (χ0) is 18.0. The summed E-state index contributed by atoms with van der Waals surface area (Å²) in [6.07, 6.45) is 1.51. The van der Waals surface area contributed by atoms with Gasteiger partial charge in [0.1, 0.15) is 0 Å². The lowest BCUT2D eigenvalue weighted by Gasteiger charge is -2.23. The van der Waals surface area contributed by atoms with Gasteiger partial charge in [-0.05, 0) is 49.6 Å². The quantitative estimate of drug-likeness (QED) is 0.893. The van der Waals surface area contributed by atoms with E-state index in [1.54, 1.807) is 17.0 Å². The van der Waals surface area contributed by atoms with Crippen molar-refractivity contribution in [1.82, 2.24) is 4.72 Å². The number of amides is 1. The van der Waals surface area contributed by atoms with Gasteiger partial charge in [-0.3, -0.25) is 4.79 Å². The van der Waals surface area contributed by atoms with E-state index in [0.717, 1.165) is 17.7 Å². The Labute approximate surface area is 148 Å². The van der Waals surface area contributed by atoms with Gasteiger partial charge >= 0.3 is 0 Å². The van der Waals surface area contributed by atoms with E-state index in [1.807, 2.05) is 38.1 Å². The van der Waals surface area contributed by atoms with Crippen LogP contribution in [-0.2, 0) is 16.4 Å². The lowest BCUT2D eigenvalue weighted by Crippen LogP contribution is -2.35. The first-order valence-corrected chi connectivity index (χ1v) is 9.93. The Hall–Kier alpha value is -2.18. The van der Waals surface area contributed by atoms with Crippen LogP contribution in [0.15, 0.2) is 53.4 Å². The highest BCUT2D eigenvalue weighted by atomic mass is 32.2. The first kappa shape index (κ1) is 17.6. The molecule has 3 rings (SSSR count). The Bertz CT molecular complexity index is 893. The molecule has 1 amide bonds. The number of sulfonamides is 1. The second-order valence-corrected chi connectivity index (χ2v) is 8.05. The third kappa shape index (κ3) is 3.45. The number of nitrogens with one attached hydrogen (secondary N) is 1. The molecule has 0 bridgehead atoms. The fraction of sp³-hybridized carbons (Fsp3) is 0.316. The monoisotopic (exact) mass is 358 g/mol. The molecule has 0 fully saturated rings. The van der Waals surface area contributed by atoms with Gasteiger partial charge in [0, 0.05) is 23.8 Å². The van der Waals surface area contributed by atoms with Crippen molar-refractivity contribution in [3.05, 3.63) is 59.7 Å². The number of hydrogen-bond donors (Lipinski definition) is 1. The first-order valence-electron chi connectivity index (χ1n) is 8.45. The maximum absolute atomic E-state index is 13.0. The predicted molar refractivity (Wildman–Crippen MR) is 98.3 cm³/mol. The Kier molecular flexibility index (Phi) is 4.92. The summed E-state index contributed by atoms with van der Waals surface area (Å²) < 4.78 is 27.2. The van der Waals surface area contributed by atoms with Crippen LogP contribution in [0.4, 0.5) is 5.69 Å². The van der Waals surface area contributed by atoms with Gasteiger partial charge in [0.15, 0.2) is 0 Å². The van der Waals surface area contributed by atoms with Crippen molar-refractivity contribution in [2.24, 2.45) is 0 Å². The lowest BCUT2D eigenvalue weighted by molar-refractivity contribution is 0.0981.